The standard InChI is InChI=1S/C19H17Cl2N3O4/c20-11-1-3-15(14(21)7-11)23-19(26)22-12-8-18(25)24(10-12)13-2-4-16-17(9-13)28-6-5-27-16/h1-4,7,9,12H,5-6,8,10H2,(H2,22,23,26). The molecule has 2 aliphatic heterocycles. The first-order chi connectivity index (χ1) is 13.5. The lowest BCUT2D eigenvalue weighted by Gasteiger charge is -2.22. The van der Waals surface area contributed by atoms with Gasteiger partial charge in [0, 0.05) is 29.7 Å². The summed E-state index contributed by atoms with van der Waals surface area (Å²) in [7, 11) is 0. The number of hydrogen-bond donors (Lipinski definition) is 2. The highest BCUT2D eigenvalue weighted by atomic mass is 35.5. The third kappa shape index (κ3) is 3.95. The van der Waals surface area contributed by atoms with E-state index in [9.17, 15) is 9.59 Å². The van der Waals surface area contributed by atoms with Gasteiger partial charge in [-0.1, -0.05) is 23.2 Å². The fraction of sp³-hybridized carbons (Fsp3) is 0.263. The number of hydrogen-bond acceptors (Lipinski definition) is 4. The van der Waals surface area contributed by atoms with E-state index in [1.54, 1.807) is 41.3 Å². The molecule has 28 heavy (non-hydrogen) atoms. The van der Waals surface area contributed by atoms with Crippen LogP contribution in [0.1, 0.15) is 6.42 Å². The van der Waals surface area contributed by atoms with Gasteiger partial charge in [0.15, 0.2) is 11.5 Å². The minimum atomic E-state index is -0.439. The van der Waals surface area contributed by atoms with Crippen molar-refractivity contribution in [1.82, 2.24) is 5.32 Å². The molecule has 2 N–H and O–H groups in total. The highest BCUT2D eigenvalue weighted by molar-refractivity contribution is 6.36. The van der Waals surface area contributed by atoms with E-state index < -0.39 is 6.03 Å². The van der Waals surface area contributed by atoms with Crippen LogP contribution in [-0.4, -0.2) is 37.7 Å². The summed E-state index contributed by atoms with van der Waals surface area (Å²) in [6, 6.07) is 9.40. The van der Waals surface area contributed by atoms with Crippen LogP contribution >= 0.6 is 23.2 Å². The van der Waals surface area contributed by atoms with Gasteiger partial charge in [-0.2, -0.15) is 0 Å². The molecule has 2 aliphatic rings. The van der Waals surface area contributed by atoms with Crippen molar-refractivity contribution in [2.75, 3.05) is 30.0 Å². The summed E-state index contributed by atoms with van der Waals surface area (Å²) in [5, 5.41) is 6.28. The number of amides is 3. The summed E-state index contributed by atoms with van der Waals surface area (Å²) in [5.74, 6) is 1.20. The number of fused-ring (bicyclic) bond motifs is 1. The normalized spacial score (nSPS) is 18.1. The summed E-state index contributed by atoms with van der Waals surface area (Å²) in [5.41, 5.74) is 1.15. The quantitative estimate of drug-likeness (QED) is 0.791. The van der Waals surface area contributed by atoms with Crippen molar-refractivity contribution in [2.24, 2.45) is 0 Å². The minimum absolute atomic E-state index is 0.0773. The molecule has 2 heterocycles. The van der Waals surface area contributed by atoms with Gasteiger partial charge in [0.1, 0.15) is 13.2 Å². The van der Waals surface area contributed by atoms with Gasteiger partial charge < -0.3 is 25.0 Å². The van der Waals surface area contributed by atoms with Crippen molar-refractivity contribution in [1.29, 1.82) is 0 Å². The number of urea groups is 1. The molecule has 146 valence electrons. The Morgan fingerprint density at radius 3 is 2.64 bits per heavy atom. The van der Waals surface area contributed by atoms with Crippen LogP contribution in [0.3, 0.4) is 0 Å². The van der Waals surface area contributed by atoms with Crippen LogP contribution < -0.4 is 25.0 Å². The van der Waals surface area contributed by atoms with E-state index in [1.807, 2.05) is 0 Å². The first-order valence-electron chi connectivity index (χ1n) is 8.72. The Balaban J connectivity index is 1.40. The van der Waals surface area contributed by atoms with E-state index in [2.05, 4.69) is 10.6 Å². The Morgan fingerprint density at radius 1 is 1.07 bits per heavy atom. The second kappa shape index (κ2) is 7.77. The van der Waals surface area contributed by atoms with E-state index in [0.717, 1.165) is 0 Å². The van der Waals surface area contributed by atoms with Crippen molar-refractivity contribution in [3.8, 4) is 11.5 Å². The smallest absolute Gasteiger partial charge is 0.319 e. The van der Waals surface area contributed by atoms with Gasteiger partial charge in [-0.3, -0.25) is 4.79 Å². The number of nitrogens with one attached hydrogen (secondary N) is 2. The molecule has 2 aromatic carbocycles. The summed E-state index contributed by atoms with van der Waals surface area (Å²) >= 11 is 11.9. The Morgan fingerprint density at radius 2 is 1.86 bits per heavy atom. The Labute approximate surface area is 171 Å². The molecule has 1 unspecified atom stereocenters. The van der Waals surface area contributed by atoms with E-state index in [1.165, 1.54) is 0 Å². The van der Waals surface area contributed by atoms with Gasteiger partial charge in [0.25, 0.3) is 0 Å². The van der Waals surface area contributed by atoms with Crippen molar-refractivity contribution < 1.29 is 19.1 Å². The topological polar surface area (TPSA) is 79.9 Å². The Kier molecular flexibility index (Phi) is 5.19. The zero-order valence-electron chi connectivity index (χ0n) is 14.7. The number of halogens is 2. The summed E-state index contributed by atoms with van der Waals surface area (Å²) in [6.07, 6.45) is 0.205. The molecule has 1 fully saturated rings. The Bertz CT molecular complexity index is 937. The first-order valence-corrected chi connectivity index (χ1v) is 9.48. The molecule has 0 bridgehead atoms. The number of nitrogens with zero attached hydrogens (tertiary/aromatic N) is 1. The lowest BCUT2D eigenvalue weighted by Crippen LogP contribution is -2.39. The minimum Gasteiger partial charge on any atom is -0.486 e. The summed E-state index contributed by atoms with van der Waals surface area (Å²) in [6.45, 7) is 1.34. The SMILES string of the molecule is O=C(Nc1ccc(Cl)cc1Cl)NC1CC(=O)N(c2ccc3c(c2)OCCO3)C1. The van der Waals surface area contributed by atoms with Crippen LogP contribution in [0.4, 0.5) is 16.2 Å². The third-order valence-electron chi connectivity index (χ3n) is 4.48. The molecule has 4 rings (SSSR count). The number of anilines is 2. The van der Waals surface area contributed by atoms with Crippen LogP contribution in [0.25, 0.3) is 0 Å². The maximum absolute atomic E-state index is 12.4. The molecule has 0 aliphatic carbocycles. The zero-order valence-corrected chi connectivity index (χ0v) is 16.2. The molecule has 0 saturated carbocycles. The predicted molar refractivity (Wildman–Crippen MR) is 107 cm³/mol. The molecule has 0 radical (unpaired) electrons. The van der Waals surface area contributed by atoms with Gasteiger partial charge in [0.2, 0.25) is 5.91 Å². The molecule has 9 heteroatoms. The fourth-order valence-corrected chi connectivity index (χ4v) is 3.64. The maximum Gasteiger partial charge on any atom is 0.319 e. The second-order valence-corrected chi connectivity index (χ2v) is 7.30. The second-order valence-electron chi connectivity index (χ2n) is 6.46. The number of carbonyl (C=O) groups excluding carboxylic acids is 2. The van der Waals surface area contributed by atoms with E-state index in [0.29, 0.717) is 52.7 Å². The van der Waals surface area contributed by atoms with E-state index >= 15 is 0 Å². The van der Waals surface area contributed by atoms with Crippen LogP contribution in [0.2, 0.25) is 10.0 Å². The number of carbonyl (C=O) groups is 2. The lowest BCUT2D eigenvalue weighted by molar-refractivity contribution is -0.117. The number of ether oxygens (including phenoxy) is 2. The largest absolute Gasteiger partial charge is 0.486 e. The van der Waals surface area contributed by atoms with Crippen molar-refractivity contribution in [3.05, 3.63) is 46.4 Å². The van der Waals surface area contributed by atoms with Gasteiger partial charge >= 0.3 is 6.03 Å². The summed E-state index contributed by atoms with van der Waals surface area (Å²) in [4.78, 5) is 26.3. The third-order valence-corrected chi connectivity index (χ3v) is 5.02. The number of benzene rings is 2. The van der Waals surface area contributed by atoms with Crippen molar-refractivity contribution >= 4 is 46.5 Å². The molecular weight excluding hydrogens is 405 g/mol. The molecule has 0 aromatic heterocycles. The molecule has 1 saturated heterocycles. The van der Waals surface area contributed by atoms with Gasteiger partial charge in [-0.05, 0) is 30.3 Å². The average Bonchev–Trinajstić information content (AvgIpc) is 3.03. The highest BCUT2D eigenvalue weighted by Gasteiger charge is 2.32. The van der Waals surface area contributed by atoms with Crippen LogP contribution in [0.15, 0.2) is 36.4 Å². The molecular formula is C19H17Cl2N3O4. The maximum atomic E-state index is 12.4. The Hall–Kier alpha value is -2.64. The van der Waals surface area contributed by atoms with Crippen LogP contribution in [-0.2, 0) is 4.79 Å². The van der Waals surface area contributed by atoms with Gasteiger partial charge in [0.05, 0.1) is 16.8 Å². The molecule has 1 atom stereocenters. The summed E-state index contributed by atoms with van der Waals surface area (Å²) < 4.78 is 11.1. The average molecular weight is 422 g/mol. The highest BCUT2D eigenvalue weighted by Crippen LogP contribution is 2.35. The van der Waals surface area contributed by atoms with Gasteiger partial charge in [-0.25, -0.2) is 4.79 Å². The van der Waals surface area contributed by atoms with Gasteiger partial charge in [-0.15, -0.1) is 0 Å². The van der Waals surface area contributed by atoms with E-state index in [-0.39, 0.29) is 18.4 Å². The van der Waals surface area contributed by atoms with Crippen molar-refractivity contribution in [3.63, 3.8) is 0 Å². The van der Waals surface area contributed by atoms with Crippen LogP contribution in [0, 0.1) is 0 Å². The fourth-order valence-electron chi connectivity index (χ4n) is 3.19. The molecule has 7 nitrogen and oxygen atoms in total. The predicted octanol–water partition coefficient (Wildman–Crippen LogP) is 3.69. The van der Waals surface area contributed by atoms with Crippen LogP contribution in [0.5, 0.6) is 11.5 Å². The van der Waals surface area contributed by atoms with Crippen molar-refractivity contribution in [2.45, 2.75) is 12.5 Å². The van der Waals surface area contributed by atoms with E-state index in [4.69, 9.17) is 32.7 Å². The molecule has 2 aromatic rings. The molecule has 3 amide bonds. The number of rotatable bonds is 3. The monoisotopic (exact) mass is 421 g/mol. The lowest BCUT2D eigenvalue weighted by atomic mass is 10.2. The zero-order chi connectivity index (χ0) is 19.7. The first kappa shape index (κ1) is 18.7. The molecule has 0 spiro atoms.